The maximum absolute atomic E-state index is 13.4. The zero-order valence-electron chi connectivity index (χ0n) is 15.6. The molecule has 1 N–H and O–H groups in total. The number of carbonyl (C=O) groups is 1. The SMILES string of the molecule is CCCn1c(SC(C(=O)N2CCCc3ccccc32)C(C)C)n[nH]c1=O. The third-order valence-corrected chi connectivity index (χ3v) is 6.15. The van der Waals surface area contributed by atoms with Gasteiger partial charge in [-0.2, -0.15) is 0 Å². The minimum atomic E-state index is -0.285. The first-order valence-corrected chi connectivity index (χ1v) is 10.1. The van der Waals surface area contributed by atoms with Crippen molar-refractivity contribution >= 4 is 23.4 Å². The quantitative estimate of drug-likeness (QED) is 0.789. The Hall–Kier alpha value is -2.02. The molecule has 0 fully saturated rings. The van der Waals surface area contributed by atoms with Gasteiger partial charge in [0.2, 0.25) is 5.91 Å². The Balaban J connectivity index is 1.87. The van der Waals surface area contributed by atoms with Gasteiger partial charge in [0.05, 0.1) is 5.25 Å². The van der Waals surface area contributed by atoms with Gasteiger partial charge in [0.25, 0.3) is 0 Å². The molecule has 3 rings (SSSR count). The highest BCUT2D eigenvalue weighted by molar-refractivity contribution is 8.00. The molecule has 0 radical (unpaired) electrons. The lowest BCUT2D eigenvalue weighted by molar-refractivity contribution is -0.118. The number of H-pyrrole nitrogens is 1. The number of benzene rings is 1. The molecule has 1 atom stereocenters. The van der Waals surface area contributed by atoms with Crippen molar-refractivity contribution in [1.29, 1.82) is 0 Å². The Morgan fingerprint density at radius 1 is 1.35 bits per heavy atom. The van der Waals surface area contributed by atoms with Crippen LogP contribution in [0.5, 0.6) is 0 Å². The van der Waals surface area contributed by atoms with Crippen LogP contribution in [0.1, 0.15) is 39.2 Å². The molecular formula is C19H26N4O2S. The van der Waals surface area contributed by atoms with Gasteiger partial charge in [-0.25, -0.2) is 9.89 Å². The van der Waals surface area contributed by atoms with Gasteiger partial charge in [0.15, 0.2) is 5.16 Å². The lowest BCUT2D eigenvalue weighted by atomic mass is 10.0. The molecule has 1 amide bonds. The molecule has 0 aliphatic carbocycles. The van der Waals surface area contributed by atoms with Crippen LogP contribution >= 0.6 is 11.8 Å². The molecule has 140 valence electrons. The second-order valence-electron chi connectivity index (χ2n) is 6.97. The normalized spacial score (nSPS) is 15.2. The molecule has 1 unspecified atom stereocenters. The summed E-state index contributed by atoms with van der Waals surface area (Å²) < 4.78 is 1.62. The monoisotopic (exact) mass is 374 g/mol. The van der Waals surface area contributed by atoms with Crippen molar-refractivity contribution < 1.29 is 4.79 Å². The Labute approximate surface area is 158 Å². The van der Waals surface area contributed by atoms with Crippen molar-refractivity contribution in [3.8, 4) is 0 Å². The van der Waals surface area contributed by atoms with E-state index in [1.165, 1.54) is 17.3 Å². The number of fused-ring (bicyclic) bond motifs is 1. The Morgan fingerprint density at radius 3 is 2.85 bits per heavy atom. The summed E-state index contributed by atoms with van der Waals surface area (Å²) in [5, 5.41) is 6.96. The second-order valence-corrected chi connectivity index (χ2v) is 8.08. The Morgan fingerprint density at radius 2 is 2.12 bits per heavy atom. The fraction of sp³-hybridized carbons (Fsp3) is 0.526. The van der Waals surface area contributed by atoms with Gasteiger partial charge in [0.1, 0.15) is 0 Å². The third kappa shape index (κ3) is 3.72. The van der Waals surface area contributed by atoms with Crippen molar-refractivity contribution in [2.24, 2.45) is 5.92 Å². The van der Waals surface area contributed by atoms with Gasteiger partial charge < -0.3 is 4.90 Å². The van der Waals surface area contributed by atoms with Crippen molar-refractivity contribution in [1.82, 2.24) is 14.8 Å². The van der Waals surface area contributed by atoms with Gasteiger partial charge in [-0.1, -0.05) is 50.7 Å². The standard InChI is InChI=1S/C19H26N4O2S/c1-4-11-23-18(25)20-21-19(23)26-16(13(2)3)17(24)22-12-7-9-14-8-5-6-10-15(14)22/h5-6,8,10,13,16H,4,7,9,11-12H2,1-3H3,(H,20,25). The minimum Gasteiger partial charge on any atom is -0.311 e. The zero-order valence-corrected chi connectivity index (χ0v) is 16.4. The molecule has 2 aromatic rings. The van der Waals surface area contributed by atoms with Crippen LogP contribution in [0, 0.1) is 5.92 Å². The maximum Gasteiger partial charge on any atom is 0.343 e. The van der Waals surface area contributed by atoms with Crippen LogP contribution in [0.25, 0.3) is 0 Å². The Kier molecular flexibility index (Phi) is 5.86. The molecule has 0 saturated carbocycles. The molecule has 0 bridgehead atoms. The first-order valence-electron chi connectivity index (χ1n) is 9.24. The summed E-state index contributed by atoms with van der Waals surface area (Å²) in [6.07, 6.45) is 2.82. The molecule has 6 nitrogen and oxygen atoms in total. The number of aromatic nitrogens is 3. The molecule has 1 aromatic carbocycles. The number of hydrogen-bond donors (Lipinski definition) is 1. The number of thioether (sulfide) groups is 1. The van der Waals surface area contributed by atoms with Crippen LogP contribution < -0.4 is 10.6 Å². The summed E-state index contributed by atoms with van der Waals surface area (Å²) in [5.41, 5.74) is 2.03. The fourth-order valence-corrected chi connectivity index (χ4v) is 4.44. The van der Waals surface area contributed by atoms with E-state index in [-0.39, 0.29) is 22.8 Å². The first kappa shape index (κ1) is 18.8. The number of para-hydroxylation sites is 1. The van der Waals surface area contributed by atoms with E-state index in [1.807, 2.05) is 43.9 Å². The Bertz CT molecular complexity index is 827. The summed E-state index contributed by atoms with van der Waals surface area (Å²) in [6.45, 7) is 7.44. The van der Waals surface area contributed by atoms with Gasteiger partial charge in [-0.15, -0.1) is 5.10 Å². The number of hydrogen-bond acceptors (Lipinski definition) is 4. The van der Waals surface area contributed by atoms with E-state index in [0.29, 0.717) is 11.7 Å². The van der Waals surface area contributed by atoms with Crippen LogP contribution in [0.3, 0.4) is 0 Å². The first-order chi connectivity index (χ1) is 12.5. The summed E-state index contributed by atoms with van der Waals surface area (Å²) in [7, 11) is 0. The maximum atomic E-state index is 13.4. The highest BCUT2D eigenvalue weighted by Crippen LogP contribution is 2.33. The molecule has 1 aliphatic heterocycles. The van der Waals surface area contributed by atoms with E-state index in [0.717, 1.165) is 31.5 Å². The van der Waals surface area contributed by atoms with Crippen LogP contribution in [0.15, 0.2) is 34.2 Å². The zero-order chi connectivity index (χ0) is 18.7. The summed E-state index contributed by atoms with van der Waals surface area (Å²) in [6, 6.07) is 8.12. The van der Waals surface area contributed by atoms with E-state index in [9.17, 15) is 9.59 Å². The van der Waals surface area contributed by atoms with Crippen LogP contribution in [0.2, 0.25) is 0 Å². The van der Waals surface area contributed by atoms with Gasteiger partial charge in [-0.3, -0.25) is 9.36 Å². The molecule has 2 heterocycles. The third-order valence-electron chi connectivity index (χ3n) is 4.63. The average molecular weight is 375 g/mol. The lowest BCUT2D eigenvalue weighted by Crippen LogP contribution is -2.43. The van der Waals surface area contributed by atoms with E-state index in [4.69, 9.17) is 0 Å². The highest BCUT2D eigenvalue weighted by atomic mass is 32.2. The fourth-order valence-electron chi connectivity index (χ4n) is 3.32. The van der Waals surface area contributed by atoms with Crippen LogP contribution in [-0.2, 0) is 17.8 Å². The van der Waals surface area contributed by atoms with Crippen LogP contribution in [0.4, 0.5) is 5.69 Å². The van der Waals surface area contributed by atoms with E-state index in [1.54, 1.807) is 4.57 Å². The number of aromatic amines is 1. The average Bonchev–Trinajstić information content (AvgIpc) is 2.98. The largest absolute Gasteiger partial charge is 0.343 e. The van der Waals surface area contributed by atoms with Crippen molar-refractivity contribution in [3.05, 3.63) is 40.3 Å². The number of aryl methyl sites for hydroxylation is 1. The predicted octanol–water partition coefficient (Wildman–Crippen LogP) is 3.08. The highest BCUT2D eigenvalue weighted by Gasteiger charge is 2.32. The van der Waals surface area contributed by atoms with Crippen molar-refractivity contribution in [2.45, 2.75) is 57.0 Å². The summed E-state index contributed by atoms with van der Waals surface area (Å²) in [5.74, 6) is 0.221. The predicted molar refractivity (Wildman–Crippen MR) is 105 cm³/mol. The second kappa shape index (κ2) is 8.12. The molecule has 7 heteroatoms. The summed E-state index contributed by atoms with van der Waals surface area (Å²) >= 11 is 1.39. The molecule has 26 heavy (non-hydrogen) atoms. The smallest absolute Gasteiger partial charge is 0.311 e. The van der Waals surface area contributed by atoms with E-state index in [2.05, 4.69) is 16.3 Å². The minimum absolute atomic E-state index is 0.0932. The molecule has 0 saturated heterocycles. The van der Waals surface area contributed by atoms with Crippen LogP contribution in [-0.4, -0.2) is 32.5 Å². The van der Waals surface area contributed by atoms with E-state index >= 15 is 0 Å². The molecule has 1 aromatic heterocycles. The molecule has 0 spiro atoms. The van der Waals surface area contributed by atoms with Crippen molar-refractivity contribution in [3.63, 3.8) is 0 Å². The topological polar surface area (TPSA) is 71.0 Å². The number of carbonyl (C=O) groups excluding carboxylic acids is 1. The van der Waals surface area contributed by atoms with Crippen molar-refractivity contribution in [2.75, 3.05) is 11.4 Å². The number of nitrogens with one attached hydrogen (secondary N) is 1. The lowest BCUT2D eigenvalue weighted by Gasteiger charge is -2.33. The summed E-state index contributed by atoms with van der Waals surface area (Å²) in [4.78, 5) is 27.2. The van der Waals surface area contributed by atoms with Gasteiger partial charge >= 0.3 is 5.69 Å². The number of nitrogens with zero attached hydrogens (tertiary/aromatic N) is 3. The number of anilines is 1. The van der Waals surface area contributed by atoms with Gasteiger partial charge in [-0.05, 0) is 36.8 Å². The molecular weight excluding hydrogens is 348 g/mol. The number of rotatable bonds is 6. The van der Waals surface area contributed by atoms with Gasteiger partial charge in [0, 0.05) is 18.8 Å². The number of amides is 1. The van der Waals surface area contributed by atoms with E-state index < -0.39 is 0 Å². The molecule has 1 aliphatic rings.